The molecule has 2 aliphatic heterocycles. The molecule has 4 heteroatoms. The van der Waals surface area contributed by atoms with Crippen LogP contribution in [0.15, 0.2) is 0 Å². The summed E-state index contributed by atoms with van der Waals surface area (Å²) in [5.41, 5.74) is 0.882. The monoisotopic (exact) mass is 336 g/mol. The van der Waals surface area contributed by atoms with E-state index in [0.717, 1.165) is 32.8 Å². The molecule has 0 radical (unpaired) electrons. The highest BCUT2D eigenvalue weighted by atomic mass is 16.6. The zero-order valence-corrected chi connectivity index (χ0v) is 15.3. The van der Waals surface area contributed by atoms with Crippen molar-refractivity contribution in [2.75, 3.05) is 26.4 Å². The van der Waals surface area contributed by atoms with Crippen molar-refractivity contribution in [3.63, 3.8) is 0 Å². The Bertz CT molecular complexity index is 452. The van der Waals surface area contributed by atoms with Gasteiger partial charge in [-0.3, -0.25) is 0 Å². The molecule has 2 unspecified atom stereocenters. The molecule has 0 aromatic rings. The second kappa shape index (κ2) is 5.18. The van der Waals surface area contributed by atoms with E-state index in [-0.39, 0.29) is 11.2 Å². The summed E-state index contributed by atoms with van der Waals surface area (Å²) in [7, 11) is 0. The third kappa shape index (κ3) is 2.65. The topological polar surface area (TPSA) is 43.5 Å². The van der Waals surface area contributed by atoms with Crippen LogP contribution < -0.4 is 0 Å². The molecule has 6 aliphatic rings. The number of hydrogen-bond acceptors (Lipinski definition) is 4. The molecule has 24 heavy (non-hydrogen) atoms. The average Bonchev–Trinajstić information content (AvgIpc) is 3.45. The smallest absolute Gasteiger partial charge is 0.104 e. The average molecular weight is 336 g/mol. The Morgan fingerprint density at radius 1 is 0.708 bits per heavy atom. The number of epoxide rings is 2. The minimum absolute atomic E-state index is 0.0249. The van der Waals surface area contributed by atoms with Gasteiger partial charge in [0.15, 0.2) is 0 Å². The highest BCUT2D eigenvalue weighted by molar-refractivity contribution is 5.19. The fourth-order valence-electron chi connectivity index (χ4n) is 6.79. The van der Waals surface area contributed by atoms with Gasteiger partial charge in [-0.05, 0) is 42.9 Å². The first kappa shape index (κ1) is 16.0. The molecule has 6 rings (SSSR count). The van der Waals surface area contributed by atoms with Crippen LogP contribution in [0.25, 0.3) is 0 Å². The summed E-state index contributed by atoms with van der Waals surface area (Å²) in [6, 6.07) is 0. The lowest BCUT2D eigenvalue weighted by Crippen LogP contribution is -2.68. The molecule has 0 aromatic carbocycles. The van der Waals surface area contributed by atoms with E-state index >= 15 is 0 Å². The van der Waals surface area contributed by atoms with Gasteiger partial charge in [0.1, 0.15) is 12.2 Å². The highest BCUT2D eigenvalue weighted by Gasteiger charge is 2.68. The van der Waals surface area contributed by atoms with Crippen LogP contribution in [-0.2, 0) is 18.9 Å². The second-order valence-electron chi connectivity index (χ2n) is 9.67. The van der Waals surface area contributed by atoms with Crippen LogP contribution in [0, 0.1) is 10.8 Å². The van der Waals surface area contributed by atoms with Crippen molar-refractivity contribution in [3.05, 3.63) is 0 Å². The van der Waals surface area contributed by atoms with Crippen LogP contribution in [0.4, 0.5) is 0 Å². The van der Waals surface area contributed by atoms with Crippen molar-refractivity contribution in [1.82, 2.24) is 0 Å². The maximum atomic E-state index is 6.63. The van der Waals surface area contributed by atoms with E-state index < -0.39 is 0 Å². The fourth-order valence-corrected chi connectivity index (χ4v) is 6.79. The van der Waals surface area contributed by atoms with Gasteiger partial charge >= 0.3 is 0 Å². The SMILES string of the molecule is CCC12CC3(CC)CC(OCC4CO4)(C1)CC(OCC1CO1)(C2)C3. The summed E-state index contributed by atoms with van der Waals surface area (Å²) >= 11 is 0. The molecule has 4 saturated carbocycles. The minimum Gasteiger partial charge on any atom is -0.372 e. The lowest BCUT2D eigenvalue weighted by atomic mass is 9.40. The molecule has 4 bridgehead atoms. The predicted octanol–water partition coefficient (Wildman–Crippen LogP) is 3.47. The first-order chi connectivity index (χ1) is 11.5. The molecule has 0 spiro atoms. The van der Waals surface area contributed by atoms with E-state index in [0.29, 0.717) is 23.0 Å². The molecule has 136 valence electrons. The quantitative estimate of drug-likeness (QED) is 0.637. The molecule has 4 aliphatic carbocycles. The van der Waals surface area contributed by atoms with Gasteiger partial charge in [0.25, 0.3) is 0 Å². The normalized spacial score (nSPS) is 54.2. The summed E-state index contributed by atoms with van der Waals surface area (Å²) < 4.78 is 24.1. The standard InChI is InChI=1S/C20H32O4/c1-3-17-9-18(4-2)12-19(10-17,23-7-15-5-21-15)14-20(11-17,13-18)24-8-16-6-22-16/h15-16H,3-14H2,1-2H3. The zero-order valence-electron chi connectivity index (χ0n) is 15.3. The van der Waals surface area contributed by atoms with Gasteiger partial charge in [-0.15, -0.1) is 0 Å². The van der Waals surface area contributed by atoms with Crippen LogP contribution in [0.5, 0.6) is 0 Å². The Morgan fingerprint density at radius 3 is 1.46 bits per heavy atom. The Balaban J connectivity index is 1.44. The van der Waals surface area contributed by atoms with E-state index in [4.69, 9.17) is 18.9 Å². The minimum atomic E-state index is 0.0249. The molecule has 0 N–H and O–H groups in total. The van der Waals surface area contributed by atoms with Crippen molar-refractivity contribution in [2.24, 2.45) is 10.8 Å². The lowest BCUT2D eigenvalue weighted by Gasteiger charge is -2.70. The maximum Gasteiger partial charge on any atom is 0.104 e. The summed E-state index contributed by atoms with van der Waals surface area (Å²) in [5.74, 6) is 0. The van der Waals surface area contributed by atoms with Gasteiger partial charge in [0, 0.05) is 6.42 Å². The Labute approximate surface area is 145 Å². The van der Waals surface area contributed by atoms with Crippen LogP contribution in [-0.4, -0.2) is 49.8 Å². The molecule has 4 nitrogen and oxygen atoms in total. The predicted molar refractivity (Wildman–Crippen MR) is 90.0 cm³/mol. The van der Waals surface area contributed by atoms with Gasteiger partial charge in [0.2, 0.25) is 0 Å². The number of rotatable bonds is 8. The highest BCUT2D eigenvalue weighted by Crippen LogP contribution is 2.71. The molecule has 6 fully saturated rings. The molecular formula is C20H32O4. The lowest BCUT2D eigenvalue weighted by molar-refractivity contribution is -0.289. The van der Waals surface area contributed by atoms with E-state index in [1.54, 1.807) is 0 Å². The summed E-state index contributed by atoms with van der Waals surface area (Å²) in [6.45, 7) is 8.09. The van der Waals surface area contributed by atoms with E-state index in [9.17, 15) is 0 Å². The van der Waals surface area contributed by atoms with Crippen LogP contribution in [0.2, 0.25) is 0 Å². The largest absolute Gasteiger partial charge is 0.372 e. The van der Waals surface area contributed by atoms with Crippen molar-refractivity contribution in [2.45, 2.75) is 88.6 Å². The van der Waals surface area contributed by atoms with E-state index in [2.05, 4.69) is 13.8 Å². The zero-order chi connectivity index (χ0) is 16.5. The first-order valence-electron chi connectivity index (χ1n) is 10.0. The summed E-state index contributed by atoms with van der Waals surface area (Å²) in [4.78, 5) is 0. The van der Waals surface area contributed by atoms with E-state index in [1.165, 1.54) is 44.9 Å². The molecule has 2 saturated heterocycles. The maximum absolute atomic E-state index is 6.63. The summed E-state index contributed by atoms with van der Waals surface area (Å²) in [5, 5.41) is 0. The van der Waals surface area contributed by atoms with Gasteiger partial charge < -0.3 is 18.9 Å². The molecule has 0 aromatic heterocycles. The van der Waals surface area contributed by atoms with Crippen molar-refractivity contribution >= 4 is 0 Å². The molecule has 0 amide bonds. The van der Waals surface area contributed by atoms with E-state index in [1.807, 2.05) is 0 Å². The van der Waals surface area contributed by atoms with Gasteiger partial charge in [-0.2, -0.15) is 0 Å². The van der Waals surface area contributed by atoms with Crippen molar-refractivity contribution < 1.29 is 18.9 Å². The third-order valence-corrected chi connectivity index (χ3v) is 7.64. The Hall–Kier alpha value is -0.160. The fraction of sp³-hybridized carbons (Fsp3) is 1.00. The van der Waals surface area contributed by atoms with Gasteiger partial charge in [-0.25, -0.2) is 0 Å². The second-order valence-corrected chi connectivity index (χ2v) is 9.67. The van der Waals surface area contributed by atoms with Crippen molar-refractivity contribution in [1.29, 1.82) is 0 Å². The molecule has 2 atom stereocenters. The Morgan fingerprint density at radius 2 is 1.12 bits per heavy atom. The van der Waals surface area contributed by atoms with Crippen LogP contribution in [0.3, 0.4) is 0 Å². The number of hydrogen-bond donors (Lipinski definition) is 0. The van der Waals surface area contributed by atoms with Gasteiger partial charge in [0.05, 0.1) is 37.6 Å². The number of ether oxygens (including phenoxy) is 4. The van der Waals surface area contributed by atoms with Crippen molar-refractivity contribution in [3.8, 4) is 0 Å². The van der Waals surface area contributed by atoms with Crippen LogP contribution >= 0.6 is 0 Å². The summed E-state index contributed by atoms with van der Waals surface area (Å²) in [6.07, 6.45) is 10.6. The molecular weight excluding hydrogens is 304 g/mol. The van der Waals surface area contributed by atoms with Crippen LogP contribution in [0.1, 0.15) is 65.2 Å². The van der Waals surface area contributed by atoms with Gasteiger partial charge in [-0.1, -0.05) is 26.7 Å². The third-order valence-electron chi connectivity index (χ3n) is 7.64. The first-order valence-corrected chi connectivity index (χ1v) is 10.0. The Kier molecular flexibility index (Phi) is 3.47. The molecule has 2 heterocycles.